The van der Waals surface area contributed by atoms with Gasteiger partial charge >= 0.3 is 0 Å². The predicted molar refractivity (Wildman–Crippen MR) is 207 cm³/mol. The minimum atomic E-state index is -5.96. The van der Waals surface area contributed by atoms with Crippen molar-refractivity contribution < 1.29 is 98.6 Å². The van der Waals surface area contributed by atoms with Crippen molar-refractivity contribution in [1.29, 1.82) is 0 Å². The number of hydrogen-bond donors (Lipinski definition) is 6. The molecule has 33 heteroatoms. The third-order valence-corrected chi connectivity index (χ3v) is 13.7. The van der Waals surface area contributed by atoms with Crippen LogP contribution in [0.25, 0.3) is 11.2 Å². The molecule has 1 aliphatic heterocycles. The first kappa shape index (κ1) is 53.3. The normalized spacial score (nSPS) is 21.7. The number of hydrogen-bond acceptors (Lipinski definition) is 26. The van der Waals surface area contributed by atoms with E-state index in [0.29, 0.717) is 0 Å². The Balaban J connectivity index is 1.19. The van der Waals surface area contributed by atoms with Crippen LogP contribution >= 0.6 is 35.2 Å². The highest BCUT2D eigenvalue weighted by Gasteiger charge is 2.47. The van der Waals surface area contributed by atoms with Crippen molar-refractivity contribution >= 4 is 79.3 Å². The van der Waals surface area contributed by atoms with E-state index in [4.69, 9.17) is 10.5 Å². The number of aliphatic hydroxyl groups is 3. The molecule has 28 nitrogen and oxygen atoms in total. The van der Waals surface area contributed by atoms with E-state index in [1.165, 1.54) is 19.1 Å². The van der Waals surface area contributed by atoms with Gasteiger partial charge in [0.15, 0.2) is 22.8 Å². The largest absolute Gasteiger partial charge is 0.790 e. The monoisotopic (exact) mass is 1000 g/mol. The van der Waals surface area contributed by atoms with E-state index in [2.05, 4.69) is 43.5 Å². The maximum absolute atomic E-state index is 12.6. The van der Waals surface area contributed by atoms with E-state index in [1.54, 1.807) is 0 Å². The molecular weight excluding hydrogens is 963 g/mol. The minimum absolute atomic E-state index is 0.0116. The van der Waals surface area contributed by atoms with Crippen LogP contribution in [0.3, 0.4) is 0 Å². The van der Waals surface area contributed by atoms with E-state index in [0.717, 1.165) is 55.0 Å². The van der Waals surface area contributed by atoms with Crippen LogP contribution in [-0.2, 0) is 66.4 Å². The standard InChI is InChI=1S/C31H46N7O21P3S2/c1-30(2,25(42)28(43)34-9-8-20(39)33-10-11-63-21(40)12-31(3,44)17-4-6-18(7-5-17)64(52,53)54)14-56-62(50,51)59-61(48,49)55-13-19-24(58-60(45,46)47)23(41)29(57-19)38-16-37-22-26(32)35-15-36-27(22)38/h4-7,15-16,19,23-25,29,41-42,44H,8-14H2,1-3H3,(H,33,39)(H,34,43)(H,48,49)(H,50,51)(H2,32,35,36)(H2,45,46,47)(H,52,53,54)/p-5. The summed E-state index contributed by atoms with van der Waals surface area (Å²) in [6.45, 7) is 0.938. The first-order valence-electron chi connectivity index (χ1n) is 18.2. The molecule has 3 heterocycles. The van der Waals surface area contributed by atoms with Gasteiger partial charge in [-0.25, -0.2) is 27.7 Å². The summed E-state index contributed by atoms with van der Waals surface area (Å²) in [6.07, 6.45) is -8.31. The lowest BCUT2D eigenvalue weighted by Crippen LogP contribution is -2.46. The molecule has 4 rings (SSSR count). The molecule has 0 radical (unpaired) electrons. The highest BCUT2D eigenvalue weighted by Crippen LogP contribution is 2.56. The Kier molecular flexibility index (Phi) is 17.5. The van der Waals surface area contributed by atoms with Gasteiger partial charge in [-0.2, -0.15) is 0 Å². The SMILES string of the molecule is CC(O)(CC(=O)SCCNC(=O)CCNC(=O)C(O)C(C)(C)COP(=O)([O-])OP(=O)([O-])OCC1OC(n2cnc3c(N)ncnc32)C(O)C1OP(=O)([O-])[O-])c1ccc(S(=O)(=O)[O-])cc1. The average molecular weight is 1000 g/mol. The van der Waals surface area contributed by atoms with Crippen molar-refractivity contribution in [3.05, 3.63) is 42.5 Å². The number of ether oxygens (including phenoxy) is 1. The summed E-state index contributed by atoms with van der Waals surface area (Å²) in [6, 6.07) is 4.42. The van der Waals surface area contributed by atoms with Gasteiger partial charge in [0.2, 0.25) is 11.8 Å². The van der Waals surface area contributed by atoms with Crippen LogP contribution < -0.4 is 35.9 Å². The number of phosphoric ester groups is 3. The van der Waals surface area contributed by atoms with Crippen molar-refractivity contribution in [1.82, 2.24) is 30.2 Å². The molecule has 7 N–H and O–H groups in total. The molecule has 8 atom stereocenters. The molecule has 1 saturated heterocycles. The molecule has 3 aromatic rings. The Bertz CT molecular complexity index is 2420. The first-order chi connectivity index (χ1) is 29.4. The van der Waals surface area contributed by atoms with Gasteiger partial charge in [-0.3, -0.25) is 28.1 Å². The summed E-state index contributed by atoms with van der Waals surface area (Å²) < 4.78 is 93.9. The number of anilines is 1. The zero-order valence-electron chi connectivity index (χ0n) is 33.5. The highest BCUT2D eigenvalue weighted by molar-refractivity contribution is 8.13. The van der Waals surface area contributed by atoms with Gasteiger partial charge in [-0.1, -0.05) is 37.7 Å². The molecule has 1 aliphatic rings. The summed E-state index contributed by atoms with van der Waals surface area (Å²) in [5.74, 6) is -1.69. The number of thioether (sulfide) groups is 1. The number of fused-ring (bicyclic) bond motifs is 1. The Labute approximate surface area is 367 Å². The fraction of sp³-hybridized carbons (Fsp3) is 0.548. The molecule has 0 spiro atoms. The number of amides is 2. The fourth-order valence-electron chi connectivity index (χ4n) is 5.69. The Morgan fingerprint density at radius 1 is 1.02 bits per heavy atom. The zero-order chi connectivity index (χ0) is 48.1. The Morgan fingerprint density at radius 2 is 1.66 bits per heavy atom. The fourth-order valence-corrected chi connectivity index (χ4v) is 9.71. The highest BCUT2D eigenvalue weighted by atomic mass is 32.2. The van der Waals surface area contributed by atoms with E-state index < -0.39 is 110 Å². The summed E-state index contributed by atoms with van der Waals surface area (Å²) >= 11 is 0.782. The summed E-state index contributed by atoms with van der Waals surface area (Å²) in [5.41, 5.74) is 2.45. The quantitative estimate of drug-likeness (QED) is 0.0303. The topological polar surface area (TPSA) is 452 Å². The van der Waals surface area contributed by atoms with Gasteiger partial charge in [0.1, 0.15) is 46.4 Å². The average Bonchev–Trinajstić information content (AvgIpc) is 3.74. The van der Waals surface area contributed by atoms with Crippen LogP contribution in [0, 0.1) is 5.41 Å². The second-order valence-corrected chi connectivity index (χ2v) is 21.2. The molecule has 0 aliphatic carbocycles. The number of phosphoric acid groups is 3. The zero-order valence-corrected chi connectivity index (χ0v) is 37.8. The number of nitrogens with zero attached hydrogens (tertiary/aromatic N) is 4. The molecule has 1 fully saturated rings. The molecule has 358 valence electrons. The third kappa shape index (κ3) is 15.1. The minimum Gasteiger partial charge on any atom is -0.790 e. The molecule has 2 aromatic heterocycles. The number of nitrogen functional groups attached to an aromatic ring is 1. The van der Waals surface area contributed by atoms with E-state index in [1.807, 2.05) is 0 Å². The lowest BCUT2D eigenvalue weighted by atomic mass is 9.87. The summed E-state index contributed by atoms with van der Waals surface area (Å²) in [4.78, 5) is 96.3. The molecule has 64 heavy (non-hydrogen) atoms. The van der Waals surface area contributed by atoms with Crippen molar-refractivity contribution in [3.8, 4) is 0 Å². The van der Waals surface area contributed by atoms with E-state index in [9.17, 15) is 75.9 Å². The lowest BCUT2D eigenvalue weighted by molar-refractivity contribution is -0.347. The lowest BCUT2D eigenvalue weighted by Gasteiger charge is -2.36. The van der Waals surface area contributed by atoms with Crippen LogP contribution in [0.4, 0.5) is 5.82 Å². The second kappa shape index (κ2) is 21.1. The summed E-state index contributed by atoms with van der Waals surface area (Å²) in [7, 11) is -22.4. The number of carbonyl (C=O) groups excluding carboxylic acids is 3. The van der Waals surface area contributed by atoms with Gasteiger partial charge < -0.3 is 78.7 Å². The van der Waals surface area contributed by atoms with Gasteiger partial charge in [-0.05, 0) is 24.6 Å². The molecule has 0 bridgehead atoms. The maximum Gasteiger partial charge on any atom is 0.274 e. The van der Waals surface area contributed by atoms with Gasteiger partial charge in [-0.15, -0.1) is 0 Å². The van der Waals surface area contributed by atoms with Gasteiger partial charge in [0.05, 0.1) is 37.9 Å². The molecular formula is C31H41N7O21P3S2-5. The number of rotatable bonds is 23. The Hall–Kier alpha value is -3.35. The molecule has 2 amide bonds. The van der Waals surface area contributed by atoms with E-state index >= 15 is 0 Å². The van der Waals surface area contributed by atoms with Crippen LogP contribution in [0.5, 0.6) is 0 Å². The number of aromatic nitrogens is 4. The number of nitrogens with two attached hydrogens (primary N) is 1. The molecule has 0 saturated carbocycles. The van der Waals surface area contributed by atoms with Crippen LogP contribution in [0.15, 0.2) is 41.8 Å². The number of benzene rings is 1. The summed E-state index contributed by atoms with van der Waals surface area (Å²) in [5, 5.41) is 36.3. The van der Waals surface area contributed by atoms with Crippen LogP contribution in [-0.4, -0.2) is 121 Å². The molecule has 1 aromatic carbocycles. The second-order valence-electron chi connectivity index (χ2n) is 14.6. The van der Waals surface area contributed by atoms with Crippen molar-refractivity contribution in [2.24, 2.45) is 5.41 Å². The number of carbonyl (C=O) groups is 3. The third-order valence-electron chi connectivity index (χ3n) is 8.99. The van der Waals surface area contributed by atoms with Crippen LogP contribution in [0.2, 0.25) is 0 Å². The van der Waals surface area contributed by atoms with Gasteiger partial charge in [0, 0.05) is 37.1 Å². The van der Waals surface area contributed by atoms with Crippen molar-refractivity contribution in [3.63, 3.8) is 0 Å². The Morgan fingerprint density at radius 3 is 2.28 bits per heavy atom. The number of imidazole rings is 1. The first-order valence-corrected chi connectivity index (χ1v) is 25.0. The van der Waals surface area contributed by atoms with Crippen molar-refractivity contribution in [2.45, 2.75) is 74.8 Å². The van der Waals surface area contributed by atoms with Crippen LogP contribution in [0.1, 0.15) is 45.4 Å². The van der Waals surface area contributed by atoms with Gasteiger partial charge in [0.25, 0.3) is 15.6 Å². The van der Waals surface area contributed by atoms with Crippen molar-refractivity contribution in [2.75, 3.05) is 37.8 Å². The smallest absolute Gasteiger partial charge is 0.274 e. The predicted octanol–water partition coefficient (Wildman–Crippen LogP) is -3.66. The van der Waals surface area contributed by atoms with E-state index in [-0.39, 0.29) is 54.2 Å². The molecule has 8 unspecified atom stereocenters. The number of nitrogens with one attached hydrogen (secondary N) is 2. The maximum atomic E-state index is 12.6. The number of aliphatic hydroxyl groups excluding tert-OH is 2.